The number of fused-ring (bicyclic) bond motifs is 1. The van der Waals surface area contributed by atoms with E-state index in [-0.39, 0.29) is 0 Å². The minimum absolute atomic E-state index is 0.521. The van der Waals surface area contributed by atoms with Crippen LogP contribution in [-0.2, 0) is 6.54 Å². The summed E-state index contributed by atoms with van der Waals surface area (Å²) in [7, 11) is 0. The van der Waals surface area contributed by atoms with E-state index in [1.807, 2.05) is 29.7 Å². The molecule has 0 saturated carbocycles. The molecule has 0 fully saturated rings. The van der Waals surface area contributed by atoms with Crippen molar-refractivity contribution in [2.24, 2.45) is 0 Å². The van der Waals surface area contributed by atoms with E-state index in [2.05, 4.69) is 15.1 Å². The highest BCUT2D eigenvalue weighted by molar-refractivity contribution is 5.79. The summed E-state index contributed by atoms with van der Waals surface area (Å²) in [5.74, 6) is 2.11. The van der Waals surface area contributed by atoms with E-state index >= 15 is 0 Å². The van der Waals surface area contributed by atoms with Gasteiger partial charge in [0.25, 0.3) is 0 Å². The summed E-state index contributed by atoms with van der Waals surface area (Å²) in [6, 6.07) is 5.67. The number of imidazole rings is 1. The highest BCUT2D eigenvalue weighted by Gasteiger charge is 2.11. The van der Waals surface area contributed by atoms with Gasteiger partial charge in [-0.25, -0.2) is 4.98 Å². The van der Waals surface area contributed by atoms with Crippen LogP contribution in [0.1, 0.15) is 17.5 Å². The number of hydrogen-bond acceptors (Lipinski definition) is 5. The Morgan fingerprint density at radius 3 is 2.83 bits per heavy atom. The van der Waals surface area contributed by atoms with Crippen molar-refractivity contribution in [2.75, 3.05) is 5.73 Å². The van der Waals surface area contributed by atoms with Crippen molar-refractivity contribution in [1.82, 2.24) is 19.7 Å². The maximum absolute atomic E-state index is 5.75. The lowest BCUT2D eigenvalue weighted by molar-refractivity contribution is 0.368. The van der Waals surface area contributed by atoms with Crippen LogP contribution in [0.4, 0.5) is 5.69 Å². The SMILES string of the molecule is Cc1noc(Cn2c(C)nc3cc(N)ccc32)n1. The van der Waals surface area contributed by atoms with Gasteiger partial charge in [0.15, 0.2) is 5.82 Å². The molecule has 3 aromatic rings. The van der Waals surface area contributed by atoms with Crippen molar-refractivity contribution in [2.45, 2.75) is 20.4 Å². The largest absolute Gasteiger partial charge is 0.399 e. The first-order chi connectivity index (χ1) is 8.63. The molecule has 0 spiro atoms. The van der Waals surface area contributed by atoms with Crippen LogP contribution in [0, 0.1) is 13.8 Å². The van der Waals surface area contributed by atoms with E-state index < -0.39 is 0 Å². The molecular weight excluding hydrogens is 230 g/mol. The summed E-state index contributed by atoms with van der Waals surface area (Å²) < 4.78 is 7.16. The fourth-order valence-corrected chi connectivity index (χ4v) is 2.01. The molecule has 2 N–H and O–H groups in total. The van der Waals surface area contributed by atoms with Crippen molar-refractivity contribution in [3.8, 4) is 0 Å². The first kappa shape index (κ1) is 10.8. The molecule has 18 heavy (non-hydrogen) atoms. The molecule has 2 heterocycles. The molecule has 0 unspecified atom stereocenters. The third kappa shape index (κ3) is 1.71. The average molecular weight is 243 g/mol. The van der Waals surface area contributed by atoms with Crippen LogP contribution < -0.4 is 5.73 Å². The zero-order valence-electron chi connectivity index (χ0n) is 10.2. The Balaban J connectivity index is 2.08. The van der Waals surface area contributed by atoms with Gasteiger partial charge in [-0.1, -0.05) is 5.16 Å². The number of anilines is 1. The average Bonchev–Trinajstić information content (AvgIpc) is 2.84. The van der Waals surface area contributed by atoms with Crippen LogP contribution in [-0.4, -0.2) is 19.7 Å². The zero-order valence-corrected chi connectivity index (χ0v) is 10.2. The van der Waals surface area contributed by atoms with Gasteiger partial charge in [0.05, 0.1) is 11.0 Å². The van der Waals surface area contributed by atoms with E-state index in [9.17, 15) is 0 Å². The van der Waals surface area contributed by atoms with Gasteiger partial charge in [-0.2, -0.15) is 4.98 Å². The Kier molecular flexibility index (Phi) is 2.29. The van der Waals surface area contributed by atoms with Gasteiger partial charge in [0.1, 0.15) is 12.4 Å². The maximum atomic E-state index is 5.75. The fraction of sp³-hybridized carbons (Fsp3) is 0.250. The summed E-state index contributed by atoms with van der Waals surface area (Å²) in [5.41, 5.74) is 8.35. The van der Waals surface area contributed by atoms with Crippen molar-refractivity contribution in [3.63, 3.8) is 0 Å². The minimum Gasteiger partial charge on any atom is -0.399 e. The van der Waals surface area contributed by atoms with Gasteiger partial charge in [0, 0.05) is 5.69 Å². The molecule has 0 amide bonds. The first-order valence-electron chi connectivity index (χ1n) is 5.65. The predicted molar refractivity (Wildman–Crippen MR) is 67.0 cm³/mol. The molecule has 0 atom stereocenters. The van der Waals surface area contributed by atoms with Gasteiger partial charge >= 0.3 is 0 Å². The summed E-state index contributed by atoms with van der Waals surface area (Å²) >= 11 is 0. The second-order valence-corrected chi connectivity index (χ2v) is 4.23. The number of rotatable bonds is 2. The highest BCUT2D eigenvalue weighted by atomic mass is 16.5. The third-order valence-electron chi connectivity index (χ3n) is 2.83. The molecule has 0 bridgehead atoms. The number of nitrogen functional groups attached to an aromatic ring is 1. The molecule has 6 nitrogen and oxygen atoms in total. The van der Waals surface area contributed by atoms with Crippen LogP contribution >= 0.6 is 0 Å². The van der Waals surface area contributed by atoms with Gasteiger partial charge in [-0.15, -0.1) is 0 Å². The normalized spacial score (nSPS) is 11.2. The topological polar surface area (TPSA) is 82.8 Å². The molecule has 92 valence electrons. The van der Waals surface area contributed by atoms with E-state index in [0.29, 0.717) is 23.9 Å². The molecule has 0 saturated heterocycles. The number of hydrogen-bond donors (Lipinski definition) is 1. The van der Waals surface area contributed by atoms with Gasteiger partial charge < -0.3 is 14.8 Å². The highest BCUT2D eigenvalue weighted by Crippen LogP contribution is 2.19. The standard InChI is InChI=1S/C12H13N5O/c1-7-14-12(18-16-7)6-17-8(2)15-10-5-9(13)3-4-11(10)17/h3-5H,6,13H2,1-2H3. The Bertz CT molecular complexity index is 712. The molecule has 0 aliphatic rings. The third-order valence-corrected chi connectivity index (χ3v) is 2.83. The minimum atomic E-state index is 0.521. The number of nitrogens with zero attached hydrogens (tertiary/aromatic N) is 4. The van der Waals surface area contributed by atoms with E-state index in [0.717, 1.165) is 16.9 Å². The quantitative estimate of drug-likeness (QED) is 0.692. The number of aryl methyl sites for hydroxylation is 2. The van der Waals surface area contributed by atoms with E-state index in [1.54, 1.807) is 6.92 Å². The van der Waals surface area contributed by atoms with Crippen LogP contribution in [0.2, 0.25) is 0 Å². The Labute approximate surface area is 103 Å². The summed E-state index contributed by atoms with van der Waals surface area (Å²) in [6.45, 7) is 4.26. The molecule has 0 aliphatic heterocycles. The van der Waals surface area contributed by atoms with Gasteiger partial charge in [-0.05, 0) is 32.0 Å². The summed E-state index contributed by atoms with van der Waals surface area (Å²) in [6.07, 6.45) is 0. The lowest BCUT2D eigenvalue weighted by Gasteiger charge is -2.02. The van der Waals surface area contributed by atoms with Crippen molar-refractivity contribution in [1.29, 1.82) is 0 Å². The molecular formula is C12H13N5O. The van der Waals surface area contributed by atoms with Crippen LogP contribution in [0.3, 0.4) is 0 Å². The predicted octanol–water partition coefficient (Wildman–Crippen LogP) is 1.67. The number of benzene rings is 1. The molecule has 6 heteroatoms. The van der Waals surface area contributed by atoms with Gasteiger partial charge in [0.2, 0.25) is 5.89 Å². The van der Waals surface area contributed by atoms with Crippen LogP contribution in [0.5, 0.6) is 0 Å². The first-order valence-corrected chi connectivity index (χ1v) is 5.65. The fourth-order valence-electron chi connectivity index (χ4n) is 2.01. The molecule has 0 aliphatic carbocycles. The van der Waals surface area contributed by atoms with Crippen LogP contribution in [0.25, 0.3) is 11.0 Å². The van der Waals surface area contributed by atoms with Gasteiger partial charge in [-0.3, -0.25) is 0 Å². The van der Waals surface area contributed by atoms with E-state index in [1.165, 1.54) is 0 Å². The van der Waals surface area contributed by atoms with Crippen LogP contribution in [0.15, 0.2) is 22.7 Å². The lowest BCUT2D eigenvalue weighted by atomic mass is 10.3. The van der Waals surface area contributed by atoms with Crippen molar-refractivity contribution in [3.05, 3.63) is 35.7 Å². The Morgan fingerprint density at radius 1 is 1.28 bits per heavy atom. The second kappa shape index (κ2) is 3.83. The van der Waals surface area contributed by atoms with Crippen molar-refractivity contribution < 1.29 is 4.52 Å². The van der Waals surface area contributed by atoms with Crippen molar-refractivity contribution >= 4 is 16.7 Å². The molecule has 2 aromatic heterocycles. The number of aromatic nitrogens is 4. The lowest BCUT2D eigenvalue weighted by Crippen LogP contribution is -2.02. The zero-order chi connectivity index (χ0) is 12.7. The Morgan fingerprint density at radius 2 is 2.11 bits per heavy atom. The Hall–Kier alpha value is -2.37. The molecule has 3 rings (SSSR count). The molecule has 1 aromatic carbocycles. The second-order valence-electron chi connectivity index (χ2n) is 4.23. The number of nitrogens with two attached hydrogens (primary N) is 1. The summed E-state index contributed by atoms with van der Waals surface area (Å²) in [5, 5.41) is 3.78. The smallest absolute Gasteiger partial charge is 0.246 e. The maximum Gasteiger partial charge on any atom is 0.246 e. The monoisotopic (exact) mass is 243 g/mol. The summed E-state index contributed by atoms with van der Waals surface area (Å²) in [4.78, 5) is 8.67. The molecule has 0 radical (unpaired) electrons. The van der Waals surface area contributed by atoms with E-state index in [4.69, 9.17) is 10.3 Å².